The van der Waals surface area contributed by atoms with Crippen LogP contribution in [0.15, 0.2) is 36.4 Å². The summed E-state index contributed by atoms with van der Waals surface area (Å²) in [5.74, 6) is 0.213. The minimum absolute atomic E-state index is 0.286. The lowest BCUT2D eigenvalue weighted by Crippen LogP contribution is -2.36. The van der Waals surface area contributed by atoms with Gasteiger partial charge >= 0.3 is 6.36 Å². The molecular weight excluding hydrogens is 359 g/mol. The number of alkyl halides is 3. The minimum Gasteiger partial charge on any atom is -0.406 e. The Balaban J connectivity index is 1.72. The SMILES string of the molecule is FC(F)(F)Oc1ccc(Nc2cc(N3CCOCC3)cc(Cl)n2)cc1. The Morgan fingerprint density at radius 2 is 1.80 bits per heavy atom. The van der Waals surface area contributed by atoms with Gasteiger partial charge in [0, 0.05) is 30.5 Å². The maximum Gasteiger partial charge on any atom is 0.573 e. The molecule has 25 heavy (non-hydrogen) atoms. The lowest BCUT2D eigenvalue weighted by Gasteiger charge is -2.29. The van der Waals surface area contributed by atoms with Gasteiger partial charge in [0.25, 0.3) is 0 Å². The molecule has 5 nitrogen and oxygen atoms in total. The van der Waals surface area contributed by atoms with Gasteiger partial charge in [-0.2, -0.15) is 0 Å². The second-order valence-electron chi connectivity index (χ2n) is 5.33. The number of hydrogen-bond acceptors (Lipinski definition) is 5. The molecule has 0 unspecified atom stereocenters. The number of rotatable bonds is 4. The van der Waals surface area contributed by atoms with E-state index < -0.39 is 6.36 Å². The summed E-state index contributed by atoms with van der Waals surface area (Å²) in [5.41, 5.74) is 1.47. The highest BCUT2D eigenvalue weighted by atomic mass is 35.5. The number of morpholine rings is 1. The number of nitrogens with one attached hydrogen (secondary N) is 1. The molecule has 0 atom stereocenters. The zero-order valence-corrected chi connectivity index (χ0v) is 13.8. The van der Waals surface area contributed by atoms with Crippen LogP contribution in [0.2, 0.25) is 5.15 Å². The molecule has 1 saturated heterocycles. The molecule has 1 aliphatic rings. The smallest absolute Gasteiger partial charge is 0.406 e. The fourth-order valence-corrected chi connectivity index (χ4v) is 2.64. The van der Waals surface area contributed by atoms with Crippen LogP contribution in [-0.4, -0.2) is 37.6 Å². The predicted molar refractivity (Wildman–Crippen MR) is 88.7 cm³/mol. The van der Waals surface area contributed by atoms with Crippen molar-refractivity contribution in [3.63, 3.8) is 0 Å². The van der Waals surface area contributed by atoms with Crippen LogP contribution < -0.4 is 15.0 Å². The Bertz CT molecular complexity index is 720. The number of anilines is 3. The van der Waals surface area contributed by atoms with E-state index in [-0.39, 0.29) is 5.75 Å². The quantitative estimate of drug-likeness (QED) is 0.813. The summed E-state index contributed by atoms with van der Waals surface area (Å²) in [5, 5.41) is 3.35. The molecule has 0 radical (unpaired) electrons. The Hall–Kier alpha value is -2.19. The highest BCUT2D eigenvalue weighted by Gasteiger charge is 2.30. The normalized spacial score (nSPS) is 15.1. The van der Waals surface area contributed by atoms with Gasteiger partial charge in [-0.15, -0.1) is 13.2 Å². The topological polar surface area (TPSA) is 46.6 Å². The van der Waals surface area contributed by atoms with Gasteiger partial charge in [-0.1, -0.05) is 11.6 Å². The van der Waals surface area contributed by atoms with E-state index in [4.69, 9.17) is 16.3 Å². The van der Waals surface area contributed by atoms with Crippen molar-refractivity contribution in [1.29, 1.82) is 0 Å². The van der Waals surface area contributed by atoms with Crippen LogP contribution in [0.3, 0.4) is 0 Å². The van der Waals surface area contributed by atoms with E-state index in [0.29, 0.717) is 29.9 Å². The second-order valence-corrected chi connectivity index (χ2v) is 5.72. The maximum absolute atomic E-state index is 12.2. The molecule has 1 N–H and O–H groups in total. The Morgan fingerprint density at radius 1 is 1.12 bits per heavy atom. The van der Waals surface area contributed by atoms with E-state index >= 15 is 0 Å². The summed E-state index contributed by atoms with van der Waals surface area (Å²) in [7, 11) is 0. The zero-order chi connectivity index (χ0) is 17.9. The summed E-state index contributed by atoms with van der Waals surface area (Å²) in [6.07, 6.45) is -4.71. The van der Waals surface area contributed by atoms with Crippen molar-refractivity contribution in [3.05, 3.63) is 41.6 Å². The van der Waals surface area contributed by atoms with Crippen LogP contribution in [0, 0.1) is 0 Å². The van der Waals surface area contributed by atoms with E-state index in [1.165, 1.54) is 24.3 Å². The first-order valence-electron chi connectivity index (χ1n) is 7.52. The number of halogens is 4. The second kappa shape index (κ2) is 7.37. The number of hydrogen-bond donors (Lipinski definition) is 1. The molecule has 1 fully saturated rings. The molecule has 134 valence electrons. The molecule has 3 rings (SSSR count). The van der Waals surface area contributed by atoms with Crippen LogP contribution in [-0.2, 0) is 4.74 Å². The molecule has 0 aliphatic carbocycles. The first kappa shape index (κ1) is 17.6. The summed E-state index contributed by atoms with van der Waals surface area (Å²) >= 11 is 6.08. The van der Waals surface area contributed by atoms with Gasteiger partial charge in [-0.3, -0.25) is 0 Å². The van der Waals surface area contributed by atoms with Crippen molar-refractivity contribution >= 4 is 28.8 Å². The van der Waals surface area contributed by atoms with E-state index in [2.05, 4.69) is 19.9 Å². The van der Waals surface area contributed by atoms with Gasteiger partial charge in [0.1, 0.15) is 16.7 Å². The molecule has 9 heteroatoms. The van der Waals surface area contributed by atoms with Gasteiger partial charge in [0.15, 0.2) is 0 Å². The fourth-order valence-electron chi connectivity index (χ4n) is 2.44. The van der Waals surface area contributed by atoms with Gasteiger partial charge in [-0.25, -0.2) is 4.98 Å². The third-order valence-corrected chi connectivity index (χ3v) is 3.71. The van der Waals surface area contributed by atoms with Gasteiger partial charge < -0.3 is 19.7 Å². The lowest BCUT2D eigenvalue weighted by atomic mass is 10.3. The van der Waals surface area contributed by atoms with E-state index in [9.17, 15) is 13.2 Å². The zero-order valence-electron chi connectivity index (χ0n) is 13.0. The molecule has 0 spiro atoms. The molecule has 2 aromatic rings. The van der Waals surface area contributed by atoms with Crippen molar-refractivity contribution in [2.75, 3.05) is 36.5 Å². The number of aromatic nitrogens is 1. The van der Waals surface area contributed by atoms with Crippen molar-refractivity contribution in [2.45, 2.75) is 6.36 Å². The van der Waals surface area contributed by atoms with Crippen LogP contribution >= 0.6 is 11.6 Å². The summed E-state index contributed by atoms with van der Waals surface area (Å²) in [6.45, 7) is 2.79. The Kier molecular flexibility index (Phi) is 5.19. The predicted octanol–water partition coefficient (Wildman–Crippen LogP) is 4.21. The third-order valence-electron chi connectivity index (χ3n) is 3.52. The van der Waals surface area contributed by atoms with Crippen LogP contribution in [0.25, 0.3) is 0 Å². The first-order chi connectivity index (χ1) is 11.9. The van der Waals surface area contributed by atoms with Crippen molar-refractivity contribution in [2.24, 2.45) is 0 Å². The van der Waals surface area contributed by atoms with Crippen LogP contribution in [0.4, 0.5) is 30.4 Å². The van der Waals surface area contributed by atoms with Crippen molar-refractivity contribution in [1.82, 2.24) is 4.98 Å². The van der Waals surface area contributed by atoms with Crippen molar-refractivity contribution in [3.8, 4) is 5.75 Å². The van der Waals surface area contributed by atoms with Gasteiger partial charge in [-0.05, 0) is 30.3 Å². The molecule has 1 aromatic carbocycles. The monoisotopic (exact) mass is 373 g/mol. The molecule has 0 saturated carbocycles. The lowest BCUT2D eigenvalue weighted by molar-refractivity contribution is -0.274. The fraction of sp³-hybridized carbons (Fsp3) is 0.312. The highest BCUT2D eigenvalue weighted by molar-refractivity contribution is 6.29. The molecule has 1 aromatic heterocycles. The molecule has 1 aliphatic heterocycles. The average molecular weight is 374 g/mol. The summed E-state index contributed by atoms with van der Waals surface area (Å²) in [6, 6.07) is 8.98. The van der Waals surface area contributed by atoms with E-state index in [1.807, 2.05) is 6.07 Å². The van der Waals surface area contributed by atoms with Gasteiger partial charge in [0.05, 0.1) is 13.2 Å². The summed E-state index contributed by atoms with van der Waals surface area (Å²) in [4.78, 5) is 6.32. The maximum atomic E-state index is 12.2. The third kappa shape index (κ3) is 5.14. The Labute approximate surface area is 147 Å². The van der Waals surface area contributed by atoms with Crippen LogP contribution in [0.5, 0.6) is 5.75 Å². The average Bonchev–Trinajstić information content (AvgIpc) is 2.56. The van der Waals surface area contributed by atoms with Gasteiger partial charge in [0.2, 0.25) is 0 Å². The molecular formula is C16H15ClF3N3O2. The van der Waals surface area contributed by atoms with E-state index in [0.717, 1.165) is 18.8 Å². The number of ether oxygens (including phenoxy) is 2. The molecule has 0 bridgehead atoms. The first-order valence-corrected chi connectivity index (χ1v) is 7.90. The number of pyridine rings is 1. The molecule has 2 heterocycles. The Morgan fingerprint density at radius 3 is 2.44 bits per heavy atom. The van der Waals surface area contributed by atoms with Crippen molar-refractivity contribution < 1.29 is 22.6 Å². The molecule has 0 amide bonds. The van der Waals surface area contributed by atoms with Crippen LogP contribution in [0.1, 0.15) is 0 Å². The minimum atomic E-state index is -4.71. The number of nitrogens with zero attached hydrogens (tertiary/aromatic N) is 2. The largest absolute Gasteiger partial charge is 0.573 e. The van der Waals surface area contributed by atoms with E-state index in [1.54, 1.807) is 6.07 Å². The summed E-state index contributed by atoms with van der Waals surface area (Å²) < 4.78 is 45.7. The highest BCUT2D eigenvalue weighted by Crippen LogP contribution is 2.27. The standard InChI is InChI=1S/C16H15ClF3N3O2/c17-14-9-12(23-5-7-24-8-6-23)10-15(22-14)21-11-1-3-13(4-2-11)25-16(18,19)20/h1-4,9-10H,5-8H2,(H,21,22). The number of benzene rings is 1.